The van der Waals surface area contributed by atoms with Crippen molar-refractivity contribution in [3.8, 4) is 17.6 Å². The number of esters is 1. The van der Waals surface area contributed by atoms with Gasteiger partial charge in [-0.05, 0) is 57.0 Å². The van der Waals surface area contributed by atoms with Crippen molar-refractivity contribution in [3.63, 3.8) is 0 Å². The van der Waals surface area contributed by atoms with Crippen LogP contribution in [0.1, 0.15) is 36.5 Å². The lowest BCUT2D eigenvalue weighted by Crippen LogP contribution is -2.25. The summed E-state index contributed by atoms with van der Waals surface area (Å²) in [5.41, 5.74) is 9.50. The van der Waals surface area contributed by atoms with Crippen LogP contribution >= 0.6 is 0 Å². The number of methoxy groups -OCH3 is 1. The third kappa shape index (κ3) is 5.61. The summed E-state index contributed by atoms with van der Waals surface area (Å²) < 4.78 is 21.8. The zero-order valence-corrected chi connectivity index (χ0v) is 20.9. The first-order valence-electron chi connectivity index (χ1n) is 11.3. The van der Waals surface area contributed by atoms with Gasteiger partial charge in [0.1, 0.15) is 17.4 Å². The van der Waals surface area contributed by atoms with E-state index in [2.05, 4.69) is 5.32 Å². The molecule has 1 aliphatic heterocycles. The number of nitrogens with two attached hydrogens (primary N) is 1. The third-order valence-corrected chi connectivity index (χ3v) is 5.64. The molecule has 0 bridgehead atoms. The molecule has 1 amide bonds. The summed E-state index contributed by atoms with van der Waals surface area (Å²) in [5, 5.41) is 12.6. The summed E-state index contributed by atoms with van der Waals surface area (Å²) in [6.07, 6.45) is 0. The Balaban J connectivity index is 1.86. The number of amides is 1. The topological polar surface area (TPSA) is 133 Å². The van der Waals surface area contributed by atoms with Crippen LogP contribution in [0.2, 0.25) is 0 Å². The van der Waals surface area contributed by atoms with Gasteiger partial charge < -0.3 is 30.0 Å². The van der Waals surface area contributed by atoms with Crippen LogP contribution in [0.3, 0.4) is 0 Å². The van der Waals surface area contributed by atoms with E-state index in [1.54, 1.807) is 32.0 Å². The molecule has 3 N–H and O–H groups in total. The number of rotatable bonds is 8. The van der Waals surface area contributed by atoms with E-state index in [9.17, 15) is 14.9 Å². The highest BCUT2D eigenvalue weighted by Crippen LogP contribution is 2.42. The molecule has 0 saturated heterocycles. The van der Waals surface area contributed by atoms with Crippen LogP contribution in [0.25, 0.3) is 0 Å². The largest absolute Gasteiger partial charge is 0.493 e. The second kappa shape index (κ2) is 11.3. The lowest BCUT2D eigenvalue weighted by molar-refractivity contribution is -0.139. The predicted molar refractivity (Wildman–Crippen MR) is 133 cm³/mol. The van der Waals surface area contributed by atoms with E-state index in [0.717, 1.165) is 11.1 Å². The van der Waals surface area contributed by atoms with Crippen LogP contribution in [0.15, 0.2) is 59.2 Å². The van der Waals surface area contributed by atoms with Crippen molar-refractivity contribution in [2.45, 2.75) is 33.6 Å². The lowest BCUT2D eigenvalue weighted by atomic mass is 9.83. The maximum Gasteiger partial charge on any atom is 0.338 e. The first-order valence-corrected chi connectivity index (χ1v) is 11.3. The van der Waals surface area contributed by atoms with Crippen LogP contribution in [0, 0.1) is 25.2 Å². The van der Waals surface area contributed by atoms with Gasteiger partial charge in [0.05, 0.1) is 25.2 Å². The molecule has 0 aromatic heterocycles. The molecule has 9 nitrogen and oxygen atoms in total. The zero-order chi connectivity index (χ0) is 26.4. The molecule has 1 unspecified atom stereocenters. The highest BCUT2D eigenvalue weighted by molar-refractivity contribution is 5.93. The maximum absolute atomic E-state index is 12.7. The summed E-state index contributed by atoms with van der Waals surface area (Å²) in [4.78, 5) is 25.2. The van der Waals surface area contributed by atoms with Gasteiger partial charge in [-0.15, -0.1) is 0 Å². The van der Waals surface area contributed by atoms with Gasteiger partial charge in [0, 0.05) is 5.69 Å². The molecule has 0 fully saturated rings. The molecule has 1 atom stereocenters. The molecule has 36 heavy (non-hydrogen) atoms. The Hall–Kier alpha value is -4.45. The fraction of sp³-hybridized carbons (Fsp3) is 0.296. The van der Waals surface area contributed by atoms with Crippen molar-refractivity contribution in [2.75, 3.05) is 25.6 Å². The van der Waals surface area contributed by atoms with E-state index in [1.165, 1.54) is 7.11 Å². The second-order valence-electron chi connectivity index (χ2n) is 8.18. The summed E-state index contributed by atoms with van der Waals surface area (Å²) in [6.45, 7) is 7.08. The van der Waals surface area contributed by atoms with Gasteiger partial charge in [0.25, 0.3) is 5.91 Å². The Bertz CT molecular complexity index is 1290. The quantitative estimate of drug-likeness (QED) is 0.530. The molecule has 0 spiro atoms. The van der Waals surface area contributed by atoms with E-state index in [4.69, 9.17) is 24.7 Å². The van der Waals surface area contributed by atoms with E-state index in [-0.39, 0.29) is 41.9 Å². The van der Waals surface area contributed by atoms with Gasteiger partial charge in [-0.3, -0.25) is 4.79 Å². The number of carbonyl (C=O) groups is 2. The first kappa shape index (κ1) is 26.2. The SMILES string of the molecule is CCOC(=O)C1=C(C)OC(N)=C(C#N)C1c1ccc(OCC(=O)Nc2ccc(C)cc2C)c(OC)c1. The molecule has 1 aliphatic rings. The van der Waals surface area contributed by atoms with Crippen molar-refractivity contribution in [1.29, 1.82) is 5.26 Å². The van der Waals surface area contributed by atoms with Crippen molar-refractivity contribution in [3.05, 3.63) is 75.9 Å². The normalized spacial score (nSPS) is 15.1. The Morgan fingerprint density at radius 2 is 1.89 bits per heavy atom. The minimum absolute atomic E-state index is 0.0761. The number of ether oxygens (including phenoxy) is 4. The average molecular weight is 492 g/mol. The molecule has 0 radical (unpaired) electrons. The van der Waals surface area contributed by atoms with Gasteiger partial charge in [-0.25, -0.2) is 4.79 Å². The number of hydrogen-bond acceptors (Lipinski definition) is 8. The van der Waals surface area contributed by atoms with Crippen LogP contribution in [0.4, 0.5) is 5.69 Å². The standard InChI is InChI=1S/C27H29N3O6/c1-6-34-27(32)24-17(4)36-26(29)19(13-28)25(24)18-8-10-21(22(12-18)33-5)35-14-23(31)30-20-9-7-15(2)11-16(20)3/h7-12,25H,6,14,29H2,1-5H3,(H,30,31). The van der Waals surface area contributed by atoms with E-state index in [1.807, 2.05) is 38.1 Å². The third-order valence-electron chi connectivity index (χ3n) is 5.64. The van der Waals surface area contributed by atoms with Gasteiger partial charge in [0.2, 0.25) is 5.88 Å². The first-order chi connectivity index (χ1) is 17.2. The zero-order valence-electron chi connectivity index (χ0n) is 20.9. The summed E-state index contributed by atoms with van der Waals surface area (Å²) in [6, 6.07) is 12.7. The fourth-order valence-corrected chi connectivity index (χ4v) is 3.95. The average Bonchev–Trinajstić information content (AvgIpc) is 2.84. The fourth-order valence-electron chi connectivity index (χ4n) is 3.95. The number of allylic oxidation sites excluding steroid dienone is 2. The monoisotopic (exact) mass is 491 g/mol. The molecule has 9 heteroatoms. The Morgan fingerprint density at radius 1 is 1.14 bits per heavy atom. The van der Waals surface area contributed by atoms with Gasteiger partial charge in [-0.1, -0.05) is 23.8 Å². The molecular formula is C27H29N3O6. The number of hydrogen-bond donors (Lipinski definition) is 2. The van der Waals surface area contributed by atoms with Crippen LogP contribution < -0.4 is 20.5 Å². The van der Waals surface area contributed by atoms with Crippen LogP contribution in [-0.2, 0) is 19.1 Å². The molecular weight excluding hydrogens is 462 g/mol. The van der Waals surface area contributed by atoms with Gasteiger partial charge in [0.15, 0.2) is 18.1 Å². The van der Waals surface area contributed by atoms with E-state index < -0.39 is 11.9 Å². The summed E-state index contributed by atoms with van der Waals surface area (Å²) in [5.74, 6) is -0.968. The minimum atomic E-state index is -0.821. The van der Waals surface area contributed by atoms with Gasteiger partial charge >= 0.3 is 5.97 Å². The molecule has 1 heterocycles. The highest BCUT2D eigenvalue weighted by Gasteiger charge is 2.36. The summed E-state index contributed by atoms with van der Waals surface area (Å²) in [7, 11) is 1.45. The number of nitrogens with zero attached hydrogens (tertiary/aromatic N) is 1. The molecule has 0 saturated carbocycles. The predicted octanol–water partition coefficient (Wildman–Crippen LogP) is 3.97. The van der Waals surface area contributed by atoms with E-state index in [0.29, 0.717) is 22.7 Å². The number of benzene rings is 2. The Kier molecular flexibility index (Phi) is 8.22. The summed E-state index contributed by atoms with van der Waals surface area (Å²) >= 11 is 0. The van der Waals surface area contributed by atoms with Crippen LogP contribution in [-0.4, -0.2) is 32.2 Å². The Labute approximate surface area is 210 Å². The minimum Gasteiger partial charge on any atom is -0.493 e. The number of anilines is 1. The number of nitriles is 1. The molecule has 188 valence electrons. The smallest absolute Gasteiger partial charge is 0.338 e. The second-order valence-corrected chi connectivity index (χ2v) is 8.18. The molecule has 0 aliphatic carbocycles. The highest BCUT2D eigenvalue weighted by atomic mass is 16.5. The van der Waals surface area contributed by atoms with Crippen molar-refractivity contribution >= 4 is 17.6 Å². The number of nitrogens with one attached hydrogen (secondary N) is 1. The molecule has 3 rings (SSSR count). The lowest BCUT2D eigenvalue weighted by Gasteiger charge is -2.27. The maximum atomic E-state index is 12.7. The van der Waals surface area contributed by atoms with Crippen molar-refractivity contribution < 1.29 is 28.5 Å². The molecule has 2 aromatic rings. The van der Waals surface area contributed by atoms with Crippen molar-refractivity contribution in [2.24, 2.45) is 5.73 Å². The van der Waals surface area contributed by atoms with Gasteiger partial charge in [-0.2, -0.15) is 5.26 Å². The number of aryl methyl sites for hydroxylation is 2. The van der Waals surface area contributed by atoms with Crippen LogP contribution in [0.5, 0.6) is 11.5 Å². The van der Waals surface area contributed by atoms with E-state index >= 15 is 0 Å². The molecule has 2 aromatic carbocycles. The Morgan fingerprint density at radius 3 is 2.53 bits per heavy atom. The number of carbonyl (C=O) groups excluding carboxylic acids is 2. The van der Waals surface area contributed by atoms with Crippen molar-refractivity contribution in [1.82, 2.24) is 0 Å².